The van der Waals surface area contributed by atoms with E-state index in [0.29, 0.717) is 0 Å². The third-order valence-corrected chi connectivity index (χ3v) is 4.28. The van der Waals surface area contributed by atoms with E-state index in [4.69, 9.17) is 0 Å². The minimum atomic E-state index is -0.222. The number of hydrogen-bond acceptors (Lipinski definition) is 3. The molecule has 1 amide bonds. The summed E-state index contributed by atoms with van der Waals surface area (Å²) in [5.41, 5.74) is 0.785. The van der Waals surface area contributed by atoms with Gasteiger partial charge < -0.3 is 15.3 Å². The summed E-state index contributed by atoms with van der Waals surface area (Å²) in [7, 11) is 0. The van der Waals surface area contributed by atoms with E-state index in [0.717, 1.165) is 31.6 Å². The predicted octanol–water partition coefficient (Wildman–Crippen LogP) is 0.764. The zero-order chi connectivity index (χ0) is 12.6. The number of nitrogens with zero attached hydrogens (tertiary/aromatic N) is 1. The SMILES string of the molecule is O=C1C(CO)C2(CCNCC2)N1c1ccccc1. The van der Waals surface area contributed by atoms with Crippen LogP contribution < -0.4 is 10.2 Å². The zero-order valence-electron chi connectivity index (χ0n) is 10.3. The van der Waals surface area contributed by atoms with Crippen molar-refractivity contribution in [2.75, 3.05) is 24.6 Å². The fraction of sp³-hybridized carbons (Fsp3) is 0.500. The number of carbonyl (C=O) groups is 1. The highest BCUT2D eigenvalue weighted by atomic mass is 16.3. The number of β-lactam (4-membered cyclic amide) rings is 1. The molecule has 2 fully saturated rings. The Bertz CT molecular complexity index is 440. The van der Waals surface area contributed by atoms with Crippen molar-refractivity contribution in [3.63, 3.8) is 0 Å². The lowest BCUT2D eigenvalue weighted by Gasteiger charge is -2.59. The van der Waals surface area contributed by atoms with E-state index in [-0.39, 0.29) is 24.0 Å². The second kappa shape index (κ2) is 4.37. The summed E-state index contributed by atoms with van der Waals surface area (Å²) in [6.45, 7) is 1.78. The third-order valence-electron chi connectivity index (χ3n) is 4.28. The van der Waals surface area contributed by atoms with Gasteiger partial charge in [-0.3, -0.25) is 4.79 Å². The second-order valence-corrected chi connectivity index (χ2v) is 5.10. The molecule has 0 saturated carbocycles. The van der Waals surface area contributed by atoms with Gasteiger partial charge in [0.2, 0.25) is 5.91 Å². The maximum Gasteiger partial charge on any atom is 0.235 e. The van der Waals surface area contributed by atoms with E-state index in [1.807, 2.05) is 35.2 Å². The number of anilines is 1. The standard InChI is InChI=1S/C14H18N2O2/c17-10-12-13(18)16(11-4-2-1-3-5-11)14(12)6-8-15-9-7-14/h1-5,12,15,17H,6-10H2. The normalized spacial score (nSPS) is 26.2. The van der Waals surface area contributed by atoms with Crippen molar-refractivity contribution in [1.82, 2.24) is 5.32 Å². The lowest BCUT2D eigenvalue weighted by molar-refractivity contribution is -0.139. The summed E-state index contributed by atoms with van der Waals surface area (Å²) in [5, 5.41) is 12.8. The zero-order valence-corrected chi connectivity index (χ0v) is 10.3. The van der Waals surface area contributed by atoms with Crippen LogP contribution in [0.2, 0.25) is 0 Å². The van der Waals surface area contributed by atoms with Crippen molar-refractivity contribution in [3.05, 3.63) is 30.3 Å². The summed E-state index contributed by atoms with van der Waals surface area (Å²) >= 11 is 0. The van der Waals surface area contributed by atoms with Crippen LogP contribution in [0.4, 0.5) is 5.69 Å². The summed E-state index contributed by atoms with van der Waals surface area (Å²) in [6.07, 6.45) is 1.83. The number of hydrogen-bond donors (Lipinski definition) is 2. The van der Waals surface area contributed by atoms with E-state index < -0.39 is 0 Å². The molecule has 1 atom stereocenters. The Labute approximate surface area is 107 Å². The largest absolute Gasteiger partial charge is 0.395 e. The van der Waals surface area contributed by atoms with Crippen LogP contribution in [0.5, 0.6) is 0 Å². The van der Waals surface area contributed by atoms with Crippen molar-refractivity contribution in [2.45, 2.75) is 18.4 Å². The smallest absolute Gasteiger partial charge is 0.235 e. The van der Waals surface area contributed by atoms with Gasteiger partial charge in [-0.05, 0) is 38.1 Å². The van der Waals surface area contributed by atoms with Crippen LogP contribution in [0.25, 0.3) is 0 Å². The molecule has 3 rings (SSSR count). The molecule has 4 nitrogen and oxygen atoms in total. The topological polar surface area (TPSA) is 52.6 Å². The fourth-order valence-corrected chi connectivity index (χ4v) is 3.34. The fourth-order valence-electron chi connectivity index (χ4n) is 3.34. The maximum atomic E-state index is 12.2. The van der Waals surface area contributed by atoms with Crippen LogP contribution in [0, 0.1) is 5.92 Å². The molecule has 2 aliphatic rings. The van der Waals surface area contributed by atoms with Crippen molar-refractivity contribution >= 4 is 11.6 Å². The Morgan fingerprint density at radius 2 is 1.94 bits per heavy atom. The van der Waals surface area contributed by atoms with Gasteiger partial charge in [-0.15, -0.1) is 0 Å². The van der Waals surface area contributed by atoms with Crippen LogP contribution in [0.15, 0.2) is 30.3 Å². The Hall–Kier alpha value is -1.39. The summed E-state index contributed by atoms with van der Waals surface area (Å²) < 4.78 is 0. The lowest BCUT2D eigenvalue weighted by Crippen LogP contribution is -2.74. The molecule has 0 aromatic heterocycles. The molecule has 2 saturated heterocycles. The molecule has 2 heterocycles. The summed E-state index contributed by atoms with van der Waals surface area (Å²) in [4.78, 5) is 14.1. The first-order valence-electron chi connectivity index (χ1n) is 6.50. The van der Waals surface area contributed by atoms with Gasteiger partial charge in [0.1, 0.15) is 0 Å². The number of nitrogens with one attached hydrogen (secondary N) is 1. The number of amides is 1. The van der Waals surface area contributed by atoms with Gasteiger partial charge in [0.15, 0.2) is 0 Å². The predicted molar refractivity (Wildman–Crippen MR) is 69.3 cm³/mol. The molecule has 2 aliphatic heterocycles. The number of para-hydroxylation sites is 1. The van der Waals surface area contributed by atoms with E-state index in [9.17, 15) is 9.90 Å². The molecule has 2 N–H and O–H groups in total. The molecular weight excluding hydrogens is 228 g/mol. The maximum absolute atomic E-state index is 12.2. The molecule has 96 valence electrons. The molecule has 18 heavy (non-hydrogen) atoms. The van der Waals surface area contributed by atoms with E-state index >= 15 is 0 Å². The minimum absolute atomic E-state index is 0.0395. The van der Waals surface area contributed by atoms with Crippen LogP contribution in [0.3, 0.4) is 0 Å². The highest BCUT2D eigenvalue weighted by Crippen LogP contribution is 2.46. The van der Waals surface area contributed by atoms with Crippen molar-refractivity contribution in [3.8, 4) is 0 Å². The van der Waals surface area contributed by atoms with Crippen LogP contribution >= 0.6 is 0 Å². The summed E-state index contributed by atoms with van der Waals surface area (Å²) in [6, 6.07) is 9.78. The van der Waals surface area contributed by atoms with Crippen LogP contribution in [-0.4, -0.2) is 36.2 Å². The van der Waals surface area contributed by atoms with Gasteiger partial charge >= 0.3 is 0 Å². The minimum Gasteiger partial charge on any atom is -0.395 e. The summed E-state index contributed by atoms with van der Waals surface area (Å²) in [5.74, 6) is -0.162. The lowest BCUT2D eigenvalue weighted by atomic mass is 9.67. The first kappa shape index (κ1) is 11.7. The van der Waals surface area contributed by atoms with Crippen LogP contribution in [0.1, 0.15) is 12.8 Å². The van der Waals surface area contributed by atoms with E-state index in [1.54, 1.807) is 0 Å². The average Bonchev–Trinajstić information content (AvgIpc) is 2.41. The molecule has 1 aromatic rings. The highest BCUT2D eigenvalue weighted by Gasteiger charge is 2.59. The Balaban J connectivity index is 1.95. The van der Waals surface area contributed by atoms with E-state index in [1.165, 1.54) is 0 Å². The molecule has 0 radical (unpaired) electrons. The van der Waals surface area contributed by atoms with Crippen molar-refractivity contribution in [2.24, 2.45) is 5.92 Å². The van der Waals surface area contributed by atoms with E-state index in [2.05, 4.69) is 5.32 Å². The first-order valence-corrected chi connectivity index (χ1v) is 6.50. The van der Waals surface area contributed by atoms with Crippen molar-refractivity contribution < 1.29 is 9.90 Å². The number of aliphatic hydroxyl groups is 1. The monoisotopic (exact) mass is 246 g/mol. The third kappa shape index (κ3) is 1.49. The number of piperidine rings is 1. The second-order valence-electron chi connectivity index (χ2n) is 5.10. The Morgan fingerprint density at radius 3 is 2.56 bits per heavy atom. The van der Waals surface area contributed by atoms with Gasteiger partial charge in [-0.1, -0.05) is 18.2 Å². The molecule has 1 spiro atoms. The molecule has 0 aliphatic carbocycles. The Kier molecular flexibility index (Phi) is 2.84. The Morgan fingerprint density at radius 1 is 1.28 bits per heavy atom. The molecule has 0 bridgehead atoms. The highest BCUT2D eigenvalue weighted by molar-refractivity contribution is 6.05. The van der Waals surface area contributed by atoms with Gasteiger partial charge in [0, 0.05) is 5.69 Å². The van der Waals surface area contributed by atoms with Crippen molar-refractivity contribution in [1.29, 1.82) is 0 Å². The number of aliphatic hydroxyl groups excluding tert-OH is 1. The molecule has 4 heteroatoms. The number of benzene rings is 1. The molecule has 1 aromatic carbocycles. The van der Waals surface area contributed by atoms with Crippen LogP contribution in [-0.2, 0) is 4.79 Å². The first-order chi connectivity index (χ1) is 8.79. The van der Waals surface area contributed by atoms with Gasteiger partial charge in [0.05, 0.1) is 18.1 Å². The molecule has 1 unspecified atom stereocenters. The van der Waals surface area contributed by atoms with Gasteiger partial charge in [-0.25, -0.2) is 0 Å². The van der Waals surface area contributed by atoms with Gasteiger partial charge in [0.25, 0.3) is 0 Å². The number of carbonyl (C=O) groups excluding carboxylic acids is 1. The quantitative estimate of drug-likeness (QED) is 0.758. The number of rotatable bonds is 2. The molecular formula is C14H18N2O2. The average molecular weight is 246 g/mol. The van der Waals surface area contributed by atoms with Gasteiger partial charge in [-0.2, -0.15) is 0 Å².